The number of thiophene rings is 1. The predicted octanol–water partition coefficient (Wildman–Crippen LogP) is 3.76. The molecule has 2 nitrogen and oxygen atoms in total. The van der Waals surface area contributed by atoms with Crippen LogP contribution in [0.15, 0.2) is 47.3 Å². The van der Waals surface area contributed by atoms with Crippen LogP contribution in [0.4, 0.5) is 0 Å². The Labute approximate surface area is 109 Å². The molecule has 1 aromatic carbocycles. The van der Waals surface area contributed by atoms with Gasteiger partial charge >= 0.3 is 0 Å². The van der Waals surface area contributed by atoms with Gasteiger partial charge in [-0.3, -0.25) is 4.79 Å². The summed E-state index contributed by atoms with van der Waals surface area (Å²) >= 11 is 1.73. The lowest BCUT2D eigenvalue weighted by Crippen LogP contribution is -1.99. The average molecular weight is 255 g/mol. The van der Waals surface area contributed by atoms with E-state index in [0.29, 0.717) is 0 Å². The third-order valence-electron chi connectivity index (χ3n) is 3.20. The molecule has 0 fully saturated rings. The quantitative estimate of drug-likeness (QED) is 0.651. The van der Waals surface area contributed by atoms with Crippen molar-refractivity contribution in [3.8, 4) is 0 Å². The Balaban J connectivity index is 1.91. The molecule has 0 N–H and O–H groups in total. The third kappa shape index (κ3) is 1.97. The number of hydrogen-bond donors (Lipinski definition) is 0. The Bertz CT molecular complexity index is 667. The highest BCUT2D eigenvalue weighted by molar-refractivity contribution is 7.07. The maximum atomic E-state index is 11.0. The Kier molecular flexibility index (Phi) is 2.99. The number of nitrogens with zero attached hydrogens (tertiary/aromatic N) is 1. The van der Waals surface area contributed by atoms with Crippen LogP contribution in [-0.4, -0.2) is 10.9 Å². The fourth-order valence-electron chi connectivity index (χ4n) is 2.23. The summed E-state index contributed by atoms with van der Waals surface area (Å²) in [5.74, 6) is 0. The zero-order valence-corrected chi connectivity index (χ0v) is 10.7. The van der Waals surface area contributed by atoms with Crippen molar-refractivity contribution < 1.29 is 4.79 Å². The van der Waals surface area contributed by atoms with Crippen LogP contribution in [0.25, 0.3) is 10.9 Å². The molecule has 0 unspecified atom stereocenters. The van der Waals surface area contributed by atoms with Gasteiger partial charge in [0.15, 0.2) is 6.29 Å². The van der Waals surface area contributed by atoms with Crippen molar-refractivity contribution in [3.05, 3.63) is 58.4 Å². The van der Waals surface area contributed by atoms with E-state index >= 15 is 0 Å². The molecule has 2 heterocycles. The van der Waals surface area contributed by atoms with Crippen LogP contribution in [0.5, 0.6) is 0 Å². The molecule has 0 saturated heterocycles. The van der Waals surface area contributed by atoms with Crippen LogP contribution in [0, 0.1) is 0 Å². The molecule has 0 aliphatic rings. The van der Waals surface area contributed by atoms with Gasteiger partial charge in [-0.15, -0.1) is 0 Å². The number of carbonyl (C=O) groups excluding carboxylic acids is 1. The Hall–Kier alpha value is -1.87. The van der Waals surface area contributed by atoms with E-state index in [4.69, 9.17) is 0 Å². The van der Waals surface area contributed by atoms with E-state index < -0.39 is 0 Å². The molecule has 3 aromatic rings. The molecule has 2 aromatic heterocycles. The summed E-state index contributed by atoms with van der Waals surface area (Å²) in [6.45, 7) is 0.947. The highest BCUT2D eigenvalue weighted by atomic mass is 32.1. The summed E-state index contributed by atoms with van der Waals surface area (Å²) < 4.78 is 2.21. The summed E-state index contributed by atoms with van der Waals surface area (Å²) in [7, 11) is 0. The van der Waals surface area contributed by atoms with Crippen LogP contribution in [-0.2, 0) is 13.0 Å². The average Bonchev–Trinajstić information content (AvgIpc) is 3.05. The molecule has 18 heavy (non-hydrogen) atoms. The van der Waals surface area contributed by atoms with Gasteiger partial charge in [0, 0.05) is 29.2 Å². The normalized spacial score (nSPS) is 10.9. The third-order valence-corrected chi connectivity index (χ3v) is 3.93. The zero-order valence-electron chi connectivity index (χ0n) is 9.87. The van der Waals surface area contributed by atoms with Gasteiger partial charge in [-0.25, -0.2) is 0 Å². The van der Waals surface area contributed by atoms with Gasteiger partial charge in [-0.1, -0.05) is 12.1 Å². The van der Waals surface area contributed by atoms with Gasteiger partial charge < -0.3 is 4.57 Å². The van der Waals surface area contributed by atoms with E-state index in [9.17, 15) is 4.79 Å². The number of aldehydes is 1. The minimum Gasteiger partial charge on any atom is -0.347 e. The van der Waals surface area contributed by atoms with Crippen LogP contribution >= 0.6 is 11.3 Å². The summed E-state index contributed by atoms with van der Waals surface area (Å²) in [5.41, 5.74) is 3.27. The fourth-order valence-corrected chi connectivity index (χ4v) is 2.93. The van der Waals surface area contributed by atoms with E-state index in [0.717, 1.165) is 35.7 Å². The summed E-state index contributed by atoms with van der Waals surface area (Å²) in [5, 5.41) is 5.33. The van der Waals surface area contributed by atoms with Crippen molar-refractivity contribution in [2.24, 2.45) is 0 Å². The molecule has 0 atom stereocenters. The zero-order chi connectivity index (χ0) is 12.4. The first kappa shape index (κ1) is 11.2. The second-order valence-electron chi connectivity index (χ2n) is 4.29. The summed E-state index contributed by atoms with van der Waals surface area (Å²) in [6.07, 6.45) is 4.01. The summed E-state index contributed by atoms with van der Waals surface area (Å²) in [6, 6.07) is 10.0. The molecule has 0 aliphatic heterocycles. The van der Waals surface area contributed by atoms with Crippen LogP contribution in [0.3, 0.4) is 0 Å². The second-order valence-corrected chi connectivity index (χ2v) is 5.07. The van der Waals surface area contributed by atoms with E-state index in [1.165, 1.54) is 5.56 Å². The molecule has 0 amide bonds. The molecule has 3 heteroatoms. The van der Waals surface area contributed by atoms with Crippen molar-refractivity contribution in [2.45, 2.75) is 13.0 Å². The second kappa shape index (κ2) is 4.78. The number of rotatable bonds is 4. The maximum absolute atomic E-state index is 11.0. The first-order valence-corrected chi connectivity index (χ1v) is 6.87. The van der Waals surface area contributed by atoms with Gasteiger partial charge in [-0.05, 0) is 40.9 Å². The minimum atomic E-state index is 0.766. The van der Waals surface area contributed by atoms with Gasteiger partial charge in [-0.2, -0.15) is 11.3 Å². The predicted molar refractivity (Wildman–Crippen MR) is 75.3 cm³/mol. The van der Waals surface area contributed by atoms with Crippen LogP contribution in [0.2, 0.25) is 0 Å². The Morgan fingerprint density at radius 1 is 1.22 bits per heavy atom. The standard InChI is InChI=1S/C15H13NOS/c17-10-13-2-1-3-15-14(13)5-8-16(15)7-4-12-6-9-18-11-12/h1-3,5-6,8-11H,4,7H2. The molecule has 0 bridgehead atoms. The highest BCUT2D eigenvalue weighted by Gasteiger charge is 2.04. The van der Waals surface area contributed by atoms with Crippen molar-refractivity contribution >= 4 is 28.5 Å². The Morgan fingerprint density at radius 2 is 2.17 bits per heavy atom. The van der Waals surface area contributed by atoms with Crippen LogP contribution < -0.4 is 0 Å². The summed E-state index contributed by atoms with van der Waals surface area (Å²) in [4.78, 5) is 11.0. The molecule has 0 spiro atoms. The van der Waals surface area contributed by atoms with Gasteiger partial charge in [0.2, 0.25) is 0 Å². The fraction of sp³-hybridized carbons (Fsp3) is 0.133. The number of hydrogen-bond acceptors (Lipinski definition) is 2. The van der Waals surface area contributed by atoms with E-state index in [2.05, 4.69) is 33.7 Å². The lowest BCUT2D eigenvalue weighted by molar-refractivity contribution is 0.112. The number of carbonyl (C=O) groups is 1. The number of benzene rings is 1. The molecular weight excluding hydrogens is 242 g/mol. The molecular formula is C15H13NOS. The lowest BCUT2D eigenvalue weighted by atomic mass is 10.1. The van der Waals surface area contributed by atoms with Crippen molar-refractivity contribution in [1.82, 2.24) is 4.57 Å². The van der Waals surface area contributed by atoms with E-state index in [1.807, 2.05) is 18.2 Å². The van der Waals surface area contributed by atoms with Gasteiger partial charge in [0.05, 0.1) is 0 Å². The maximum Gasteiger partial charge on any atom is 0.150 e. The number of aryl methyl sites for hydroxylation is 2. The number of aromatic nitrogens is 1. The smallest absolute Gasteiger partial charge is 0.150 e. The molecule has 90 valence electrons. The van der Waals surface area contributed by atoms with Crippen molar-refractivity contribution in [2.75, 3.05) is 0 Å². The molecule has 0 radical (unpaired) electrons. The topological polar surface area (TPSA) is 22.0 Å². The lowest BCUT2D eigenvalue weighted by Gasteiger charge is -2.04. The van der Waals surface area contributed by atoms with E-state index in [-0.39, 0.29) is 0 Å². The van der Waals surface area contributed by atoms with Gasteiger partial charge in [0.25, 0.3) is 0 Å². The highest BCUT2D eigenvalue weighted by Crippen LogP contribution is 2.19. The minimum absolute atomic E-state index is 0.766. The molecule has 0 saturated carbocycles. The molecule has 0 aliphatic carbocycles. The molecule has 3 rings (SSSR count). The Morgan fingerprint density at radius 3 is 2.94 bits per heavy atom. The van der Waals surface area contributed by atoms with Crippen molar-refractivity contribution in [1.29, 1.82) is 0 Å². The van der Waals surface area contributed by atoms with E-state index in [1.54, 1.807) is 11.3 Å². The van der Waals surface area contributed by atoms with Crippen molar-refractivity contribution in [3.63, 3.8) is 0 Å². The largest absolute Gasteiger partial charge is 0.347 e. The monoisotopic (exact) mass is 255 g/mol. The van der Waals surface area contributed by atoms with Crippen LogP contribution in [0.1, 0.15) is 15.9 Å². The SMILES string of the molecule is O=Cc1cccc2c1ccn2CCc1ccsc1. The first-order valence-electron chi connectivity index (χ1n) is 5.92. The number of fused-ring (bicyclic) bond motifs is 1. The van der Waals surface area contributed by atoms with Gasteiger partial charge in [0.1, 0.15) is 0 Å². The first-order chi connectivity index (χ1) is 8.88.